The number of nitrogens with one attached hydrogen (secondary N) is 2. The van der Waals surface area contributed by atoms with Crippen molar-refractivity contribution in [2.75, 3.05) is 21.1 Å². The first-order valence-corrected chi connectivity index (χ1v) is 3.80. The summed E-state index contributed by atoms with van der Waals surface area (Å²) < 4.78 is 22.4. The van der Waals surface area contributed by atoms with Crippen LogP contribution < -0.4 is 10.3 Å². The SMILES string of the molecule is CNNS(=O)(=O)N(C)C. The Morgan fingerprint density at radius 3 is 1.89 bits per heavy atom. The Hall–Kier alpha value is -0.170. The van der Waals surface area contributed by atoms with Crippen LogP contribution in [-0.4, -0.2) is 33.9 Å². The quantitative estimate of drug-likeness (QED) is 0.486. The fraction of sp³-hybridized carbons (Fsp3) is 1.00. The largest absolute Gasteiger partial charge is 0.291 e. The standard InChI is InChI=1S/C3H11N3O2S/c1-4-5-9(7,8)6(2)3/h4-5H,1-3H3. The summed E-state index contributed by atoms with van der Waals surface area (Å²) in [6, 6.07) is 0. The molecule has 0 aromatic heterocycles. The normalized spacial score (nSPS) is 12.4. The van der Waals surface area contributed by atoms with Crippen LogP contribution in [0.4, 0.5) is 0 Å². The second-order valence-corrected chi connectivity index (χ2v) is 3.52. The summed E-state index contributed by atoms with van der Waals surface area (Å²) in [7, 11) is 1.10. The van der Waals surface area contributed by atoms with Crippen molar-refractivity contribution in [1.82, 2.24) is 14.6 Å². The highest BCUT2D eigenvalue weighted by atomic mass is 32.2. The molecular weight excluding hydrogens is 142 g/mol. The highest BCUT2D eigenvalue weighted by Crippen LogP contribution is 1.82. The lowest BCUT2D eigenvalue weighted by molar-refractivity contribution is 0.496. The molecule has 0 spiro atoms. The van der Waals surface area contributed by atoms with Crippen LogP contribution in [0.5, 0.6) is 0 Å². The molecule has 0 aliphatic heterocycles. The van der Waals surface area contributed by atoms with Crippen molar-refractivity contribution in [3.63, 3.8) is 0 Å². The predicted molar refractivity (Wildman–Crippen MR) is 34.8 cm³/mol. The Morgan fingerprint density at radius 1 is 1.33 bits per heavy atom. The molecule has 56 valence electrons. The van der Waals surface area contributed by atoms with Gasteiger partial charge in [0, 0.05) is 14.1 Å². The molecule has 2 N–H and O–H groups in total. The molecule has 0 heterocycles. The molecular formula is C3H11N3O2S. The van der Waals surface area contributed by atoms with Crippen LogP contribution in [0.1, 0.15) is 0 Å². The van der Waals surface area contributed by atoms with Gasteiger partial charge in [0.15, 0.2) is 0 Å². The first-order valence-electron chi connectivity index (χ1n) is 2.36. The van der Waals surface area contributed by atoms with Crippen molar-refractivity contribution in [3.05, 3.63) is 0 Å². The summed E-state index contributed by atoms with van der Waals surface area (Å²) in [6.07, 6.45) is 0. The highest BCUT2D eigenvalue weighted by Gasteiger charge is 2.09. The van der Waals surface area contributed by atoms with Crippen molar-refractivity contribution in [1.29, 1.82) is 0 Å². The number of hydrogen-bond donors (Lipinski definition) is 2. The second kappa shape index (κ2) is 3.11. The fourth-order valence-corrected chi connectivity index (χ4v) is 0.661. The number of hydrogen-bond acceptors (Lipinski definition) is 3. The van der Waals surface area contributed by atoms with Gasteiger partial charge in [0.25, 0.3) is 10.2 Å². The first-order chi connectivity index (χ1) is 4.00. The molecule has 0 aromatic rings. The lowest BCUT2D eigenvalue weighted by Gasteiger charge is -2.10. The molecule has 6 heteroatoms. The first kappa shape index (κ1) is 8.83. The maximum absolute atomic E-state index is 10.7. The van der Waals surface area contributed by atoms with E-state index in [9.17, 15) is 8.42 Å². The third kappa shape index (κ3) is 2.75. The minimum absolute atomic E-state index is 1.07. The number of hydrazine groups is 1. The van der Waals surface area contributed by atoms with Gasteiger partial charge in [-0.3, -0.25) is 0 Å². The molecule has 0 rings (SSSR count). The predicted octanol–water partition coefficient (Wildman–Crippen LogP) is -1.48. The average molecular weight is 153 g/mol. The van der Waals surface area contributed by atoms with Gasteiger partial charge in [0.2, 0.25) is 0 Å². The molecule has 0 saturated carbocycles. The molecule has 0 amide bonds. The van der Waals surface area contributed by atoms with E-state index in [2.05, 4.69) is 10.3 Å². The van der Waals surface area contributed by atoms with Crippen LogP contribution in [0.15, 0.2) is 0 Å². The van der Waals surface area contributed by atoms with E-state index < -0.39 is 10.2 Å². The Kier molecular flexibility index (Phi) is 3.06. The number of rotatable bonds is 3. The molecule has 0 aromatic carbocycles. The van der Waals surface area contributed by atoms with Gasteiger partial charge in [0.05, 0.1) is 0 Å². The second-order valence-electron chi connectivity index (χ2n) is 1.64. The van der Waals surface area contributed by atoms with Gasteiger partial charge in [-0.25, -0.2) is 5.43 Å². The third-order valence-electron chi connectivity index (χ3n) is 0.712. The molecule has 0 aliphatic carbocycles. The summed E-state index contributed by atoms with van der Waals surface area (Å²) in [6.45, 7) is 0. The van der Waals surface area contributed by atoms with Crippen LogP contribution in [-0.2, 0) is 10.2 Å². The van der Waals surface area contributed by atoms with E-state index in [4.69, 9.17) is 0 Å². The van der Waals surface area contributed by atoms with E-state index in [1.165, 1.54) is 21.1 Å². The zero-order valence-electron chi connectivity index (χ0n) is 5.67. The summed E-state index contributed by atoms with van der Waals surface area (Å²) in [5, 5.41) is 0. The molecule has 0 aliphatic rings. The Morgan fingerprint density at radius 2 is 1.78 bits per heavy atom. The Labute approximate surface area is 55.2 Å². The van der Waals surface area contributed by atoms with Gasteiger partial charge >= 0.3 is 0 Å². The van der Waals surface area contributed by atoms with Crippen LogP contribution in [0.2, 0.25) is 0 Å². The van der Waals surface area contributed by atoms with E-state index in [1.807, 2.05) is 0 Å². The molecule has 0 atom stereocenters. The van der Waals surface area contributed by atoms with Crippen LogP contribution in [0, 0.1) is 0 Å². The molecule has 0 saturated heterocycles. The average Bonchev–Trinajstić information content (AvgIpc) is 1.65. The number of nitrogens with zero attached hydrogens (tertiary/aromatic N) is 1. The van der Waals surface area contributed by atoms with Crippen molar-refractivity contribution >= 4 is 10.2 Å². The van der Waals surface area contributed by atoms with Crippen molar-refractivity contribution in [2.45, 2.75) is 0 Å². The maximum Gasteiger partial charge on any atom is 0.291 e. The van der Waals surface area contributed by atoms with Gasteiger partial charge in [-0.2, -0.15) is 12.7 Å². The van der Waals surface area contributed by atoms with Gasteiger partial charge in [0.1, 0.15) is 0 Å². The van der Waals surface area contributed by atoms with Crippen LogP contribution >= 0.6 is 0 Å². The van der Waals surface area contributed by atoms with Crippen LogP contribution in [0.25, 0.3) is 0 Å². The van der Waals surface area contributed by atoms with E-state index in [0.717, 1.165) is 4.31 Å². The van der Waals surface area contributed by atoms with Gasteiger partial charge in [-0.1, -0.05) is 0 Å². The summed E-state index contributed by atoms with van der Waals surface area (Å²) in [5.74, 6) is 0. The minimum atomic E-state index is -3.28. The zero-order chi connectivity index (χ0) is 7.49. The van der Waals surface area contributed by atoms with Gasteiger partial charge in [-0.05, 0) is 7.05 Å². The highest BCUT2D eigenvalue weighted by molar-refractivity contribution is 7.87. The van der Waals surface area contributed by atoms with Crippen molar-refractivity contribution < 1.29 is 8.42 Å². The van der Waals surface area contributed by atoms with E-state index in [1.54, 1.807) is 0 Å². The maximum atomic E-state index is 10.7. The third-order valence-corrected chi connectivity index (χ3v) is 2.14. The van der Waals surface area contributed by atoms with Crippen molar-refractivity contribution in [3.8, 4) is 0 Å². The Bertz CT molecular complexity index is 162. The monoisotopic (exact) mass is 153 g/mol. The molecule has 5 nitrogen and oxygen atoms in total. The van der Waals surface area contributed by atoms with E-state index in [0.29, 0.717) is 0 Å². The van der Waals surface area contributed by atoms with Gasteiger partial charge < -0.3 is 0 Å². The van der Waals surface area contributed by atoms with Crippen molar-refractivity contribution in [2.24, 2.45) is 0 Å². The summed E-state index contributed by atoms with van der Waals surface area (Å²) >= 11 is 0. The fourth-order valence-electron chi connectivity index (χ4n) is 0.220. The molecule has 0 unspecified atom stereocenters. The molecule has 9 heavy (non-hydrogen) atoms. The zero-order valence-corrected chi connectivity index (χ0v) is 6.49. The van der Waals surface area contributed by atoms with E-state index in [-0.39, 0.29) is 0 Å². The lowest BCUT2D eigenvalue weighted by atomic mass is 11.3. The summed E-state index contributed by atoms with van der Waals surface area (Å²) in [4.78, 5) is 2.07. The molecule has 0 bridgehead atoms. The summed E-state index contributed by atoms with van der Waals surface area (Å²) in [5.41, 5.74) is 2.31. The van der Waals surface area contributed by atoms with E-state index >= 15 is 0 Å². The minimum Gasteiger partial charge on any atom is -0.246 e. The smallest absolute Gasteiger partial charge is 0.246 e. The Balaban J connectivity index is 4.05. The van der Waals surface area contributed by atoms with Gasteiger partial charge in [-0.15, -0.1) is 4.83 Å². The lowest BCUT2D eigenvalue weighted by Crippen LogP contribution is -2.42. The molecule has 0 fully saturated rings. The topological polar surface area (TPSA) is 61.4 Å². The van der Waals surface area contributed by atoms with Crippen LogP contribution in [0.3, 0.4) is 0 Å². The molecule has 0 radical (unpaired) electrons.